The summed E-state index contributed by atoms with van der Waals surface area (Å²) < 4.78 is 80.5. The van der Waals surface area contributed by atoms with Crippen molar-refractivity contribution in [2.24, 2.45) is 11.8 Å². The zero-order valence-electron chi connectivity index (χ0n) is 26.2. The summed E-state index contributed by atoms with van der Waals surface area (Å²) in [6.07, 6.45) is -0.125. The molecule has 3 N–H and O–H groups in total. The van der Waals surface area contributed by atoms with Crippen molar-refractivity contribution in [3.8, 4) is 17.6 Å². The van der Waals surface area contributed by atoms with E-state index in [-0.39, 0.29) is 34.7 Å². The van der Waals surface area contributed by atoms with Gasteiger partial charge in [0.25, 0.3) is 10.0 Å². The van der Waals surface area contributed by atoms with Crippen LogP contribution in [0, 0.1) is 30.6 Å². The highest BCUT2D eigenvalue weighted by molar-refractivity contribution is 7.92. The Balaban J connectivity index is 1.33. The molecule has 0 unspecified atom stereocenters. The highest BCUT2D eigenvalue weighted by Crippen LogP contribution is 2.35. The molecule has 0 saturated heterocycles. The molecule has 2 heterocycles. The normalized spacial score (nSPS) is 17.0. The summed E-state index contributed by atoms with van der Waals surface area (Å²) >= 11 is 0. The number of nitrogens with one attached hydrogen (secondary N) is 3. The number of hydrogen-bond acceptors (Lipinski definition) is 7. The fraction of sp³-hybridized carbons (Fsp3) is 0.424. The number of fused-ring (bicyclic) bond motifs is 1. The molecule has 1 fully saturated rings. The summed E-state index contributed by atoms with van der Waals surface area (Å²) in [5.74, 6) is 7.91. The molecule has 5 rings (SSSR count). The number of aryl methyl sites for hydroxylation is 1. The standard InChI is InChI=1S/C33H38F3N5O4S/c1-21(2)23-10-12-24(13-11-23)38-28-8-5-9-30-27(28)18-25(41(30)20-33(34,35)36)7-6-16-37-29-15-14-26(19-31(29)44-4)46(42,43)40-32-17-22(3)45-39-32/h5,8-9,14-15,17-19,21,23-24,37-38H,10-13,16,20H2,1-4H3,(H,39,40). The van der Waals surface area contributed by atoms with Crippen LogP contribution in [0.25, 0.3) is 10.9 Å². The number of benzene rings is 2. The number of halogens is 3. The number of rotatable bonds is 10. The highest BCUT2D eigenvalue weighted by Gasteiger charge is 2.30. The average molecular weight is 658 g/mol. The molecule has 46 heavy (non-hydrogen) atoms. The molecule has 4 aromatic rings. The number of nitrogens with zero attached hydrogens (tertiary/aromatic N) is 2. The van der Waals surface area contributed by atoms with E-state index in [4.69, 9.17) is 9.26 Å². The number of methoxy groups -OCH3 is 1. The van der Waals surface area contributed by atoms with Gasteiger partial charge in [0.15, 0.2) is 5.82 Å². The molecule has 0 radical (unpaired) electrons. The molecule has 13 heteroatoms. The first-order valence-electron chi connectivity index (χ1n) is 15.2. The van der Waals surface area contributed by atoms with Crippen molar-refractivity contribution in [1.82, 2.24) is 9.72 Å². The summed E-state index contributed by atoms with van der Waals surface area (Å²) in [6.45, 7) is 5.04. The van der Waals surface area contributed by atoms with Crippen LogP contribution in [-0.2, 0) is 16.6 Å². The van der Waals surface area contributed by atoms with E-state index in [9.17, 15) is 21.6 Å². The topological polar surface area (TPSA) is 110 Å². The predicted molar refractivity (Wildman–Crippen MR) is 173 cm³/mol. The second kappa shape index (κ2) is 13.6. The zero-order valence-corrected chi connectivity index (χ0v) is 27.0. The molecule has 1 saturated carbocycles. The fourth-order valence-electron chi connectivity index (χ4n) is 5.88. The van der Waals surface area contributed by atoms with Gasteiger partial charge in [-0.1, -0.05) is 31.0 Å². The largest absolute Gasteiger partial charge is 0.495 e. The van der Waals surface area contributed by atoms with Gasteiger partial charge < -0.3 is 24.5 Å². The van der Waals surface area contributed by atoms with Crippen LogP contribution in [0.15, 0.2) is 57.9 Å². The summed E-state index contributed by atoms with van der Waals surface area (Å²) in [4.78, 5) is -0.0596. The minimum atomic E-state index is -4.43. The molecule has 0 amide bonds. The lowest BCUT2D eigenvalue weighted by Gasteiger charge is -2.32. The Kier molecular flexibility index (Phi) is 9.76. The van der Waals surface area contributed by atoms with Gasteiger partial charge in [0, 0.05) is 29.2 Å². The van der Waals surface area contributed by atoms with Crippen LogP contribution >= 0.6 is 0 Å². The lowest BCUT2D eigenvalue weighted by atomic mass is 9.79. The first-order chi connectivity index (χ1) is 21.8. The Morgan fingerprint density at radius 2 is 1.85 bits per heavy atom. The minimum absolute atomic E-state index is 0.0496. The van der Waals surface area contributed by atoms with E-state index in [0.29, 0.717) is 34.2 Å². The fourth-order valence-corrected chi connectivity index (χ4v) is 6.88. The van der Waals surface area contributed by atoms with Crippen molar-refractivity contribution < 1.29 is 30.8 Å². The van der Waals surface area contributed by atoms with Gasteiger partial charge >= 0.3 is 6.18 Å². The quantitative estimate of drug-likeness (QED) is 0.153. The minimum Gasteiger partial charge on any atom is -0.495 e. The molecule has 0 spiro atoms. The van der Waals surface area contributed by atoms with Crippen molar-refractivity contribution in [3.05, 3.63) is 60.0 Å². The van der Waals surface area contributed by atoms with Crippen LogP contribution in [-0.4, -0.2) is 44.0 Å². The van der Waals surface area contributed by atoms with E-state index in [2.05, 4.69) is 46.2 Å². The molecule has 0 bridgehead atoms. The third-order valence-electron chi connectivity index (χ3n) is 8.29. The van der Waals surface area contributed by atoms with Crippen molar-refractivity contribution >= 4 is 38.1 Å². The van der Waals surface area contributed by atoms with E-state index < -0.39 is 22.7 Å². The first kappa shape index (κ1) is 33.1. The summed E-state index contributed by atoms with van der Waals surface area (Å²) in [6, 6.07) is 13.0. The molecular weight excluding hydrogens is 619 g/mol. The predicted octanol–water partition coefficient (Wildman–Crippen LogP) is 7.40. The van der Waals surface area contributed by atoms with Crippen molar-refractivity contribution in [3.63, 3.8) is 0 Å². The van der Waals surface area contributed by atoms with Crippen molar-refractivity contribution in [2.75, 3.05) is 29.0 Å². The number of hydrogen-bond donors (Lipinski definition) is 3. The Labute approximate surface area is 266 Å². The van der Waals surface area contributed by atoms with Crippen LogP contribution < -0.4 is 20.1 Å². The van der Waals surface area contributed by atoms with Gasteiger partial charge in [0.05, 0.1) is 35.4 Å². The molecule has 1 aliphatic rings. The Hall–Kier alpha value is -4.31. The lowest BCUT2D eigenvalue weighted by molar-refractivity contribution is -0.140. The van der Waals surface area contributed by atoms with Crippen LogP contribution in [0.1, 0.15) is 51.0 Å². The van der Waals surface area contributed by atoms with E-state index in [1.54, 1.807) is 25.1 Å². The first-order valence-corrected chi connectivity index (χ1v) is 16.6. The van der Waals surface area contributed by atoms with E-state index >= 15 is 0 Å². The smallest absolute Gasteiger partial charge is 0.406 e. The van der Waals surface area contributed by atoms with Crippen LogP contribution in [0.5, 0.6) is 5.75 Å². The molecule has 2 aromatic carbocycles. The number of aromatic nitrogens is 2. The third kappa shape index (κ3) is 7.91. The summed E-state index contributed by atoms with van der Waals surface area (Å²) in [7, 11) is -2.57. The third-order valence-corrected chi connectivity index (χ3v) is 9.64. The Bertz CT molecular complexity index is 1850. The monoisotopic (exact) mass is 657 g/mol. The molecule has 9 nitrogen and oxygen atoms in total. The number of sulfonamides is 1. The molecule has 0 aliphatic heterocycles. The van der Waals surface area contributed by atoms with Crippen molar-refractivity contribution in [1.29, 1.82) is 0 Å². The number of anilines is 3. The van der Waals surface area contributed by atoms with Crippen LogP contribution in [0.2, 0.25) is 0 Å². The van der Waals surface area contributed by atoms with Gasteiger partial charge in [-0.05, 0) is 80.7 Å². The molecular formula is C33H38F3N5O4S. The van der Waals surface area contributed by atoms with Gasteiger partial charge in [-0.15, -0.1) is 0 Å². The molecule has 0 atom stereocenters. The van der Waals surface area contributed by atoms with Crippen molar-refractivity contribution in [2.45, 2.75) is 70.1 Å². The summed E-state index contributed by atoms with van der Waals surface area (Å²) in [5.41, 5.74) is 1.97. The molecule has 2 aromatic heterocycles. The van der Waals surface area contributed by atoms with Gasteiger partial charge in [0.2, 0.25) is 0 Å². The number of ether oxygens (including phenoxy) is 1. The highest BCUT2D eigenvalue weighted by atomic mass is 32.2. The van der Waals surface area contributed by atoms with Gasteiger partial charge in [-0.2, -0.15) is 13.2 Å². The zero-order chi connectivity index (χ0) is 33.1. The van der Waals surface area contributed by atoms with E-state index in [1.165, 1.54) is 35.9 Å². The summed E-state index contributed by atoms with van der Waals surface area (Å²) in [5, 5.41) is 11.0. The maximum atomic E-state index is 13.7. The van der Waals surface area contributed by atoms with Gasteiger partial charge in [-0.25, -0.2) is 8.42 Å². The van der Waals surface area contributed by atoms with Crippen LogP contribution in [0.4, 0.5) is 30.4 Å². The SMILES string of the molecule is COc1cc(S(=O)(=O)Nc2cc(C)on2)ccc1NCC#Cc1cc2c(NC3CCC(C(C)C)CC3)cccc2n1CC(F)(F)F. The van der Waals surface area contributed by atoms with Gasteiger partial charge in [-0.3, -0.25) is 4.72 Å². The maximum absolute atomic E-state index is 13.7. The van der Waals surface area contributed by atoms with Gasteiger partial charge in [0.1, 0.15) is 18.1 Å². The Morgan fingerprint density at radius 3 is 2.50 bits per heavy atom. The van der Waals surface area contributed by atoms with E-state index in [1.807, 2.05) is 6.07 Å². The average Bonchev–Trinajstić information content (AvgIpc) is 3.57. The number of alkyl halides is 3. The Morgan fingerprint density at radius 1 is 1.09 bits per heavy atom. The second-order valence-corrected chi connectivity index (χ2v) is 13.6. The molecule has 1 aliphatic carbocycles. The van der Waals surface area contributed by atoms with E-state index in [0.717, 1.165) is 31.4 Å². The lowest BCUT2D eigenvalue weighted by Crippen LogP contribution is -2.27. The second-order valence-electron chi connectivity index (χ2n) is 11.9. The van der Waals surface area contributed by atoms with Crippen LogP contribution in [0.3, 0.4) is 0 Å². The maximum Gasteiger partial charge on any atom is 0.406 e. The molecule has 246 valence electrons.